The summed E-state index contributed by atoms with van der Waals surface area (Å²) in [7, 11) is -2.40. The minimum Gasteiger partial charge on any atom is -0.489 e. The summed E-state index contributed by atoms with van der Waals surface area (Å²) in [6.45, 7) is 11.7. The number of ketones is 1. The van der Waals surface area contributed by atoms with Gasteiger partial charge < -0.3 is 38.0 Å². The number of amides is 2. The van der Waals surface area contributed by atoms with Gasteiger partial charge in [-0.1, -0.05) is 77.2 Å². The molecule has 0 saturated heterocycles. The lowest BCUT2D eigenvalue weighted by molar-refractivity contribution is -0.385. The summed E-state index contributed by atoms with van der Waals surface area (Å²) >= 11 is 22.8. The Balaban J connectivity index is 0.000000225. The third-order valence-corrected chi connectivity index (χ3v) is 15.2. The number of benzene rings is 5. The molecule has 2 heterocycles. The van der Waals surface area contributed by atoms with Gasteiger partial charge in [-0.05, 0) is 120 Å². The molecule has 2 amide bonds. The highest BCUT2D eigenvalue weighted by Crippen LogP contribution is 2.43. The lowest BCUT2D eigenvalue weighted by Gasteiger charge is -2.35. The molecule has 19 nitrogen and oxygen atoms in total. The predicted molar refractivity (Wildman–Crippen MR) is 322 cm³/mol. The van der Waals surface area contributed by atoms with E-state index in [0.29, 0.717) is 42.9 Å². The van der Waals surface area contributed by atoms with Crippen LogP contribution >= 0.6 is 46.4 Å². The van der Waals surface area contributed by atoms with Gasteiger partial charge in [0.25, 0.3) is 11.6 Å². The molecular weight excluding hydrogens is 1300 g/mol. The zero-order valence-corrected chi connectivity index (χ0v) is 53.1. The van der Waals surface area contributed by atoms with E-state index in [9.17, 15) is 68.8 Å². The highest BCUT2D eigenvalue weighted by Gasteiger charge is 2.38. The number of methoxy groups -OCH3 is 1. The van der Waals surface area contributed by atoms with E-state index in [0.717, 1.165) is 84.4 Å². The molecule has 1 aliphatic carbocycles. The largest absolute Gasteiger partial charge is 0.489 e. The number of alkyl halides is 9. The van der Waals surface area contributed by atoms with Gasteiger partial charge in [0, 0.05) is 37.0 Å². The molecule has 30 heteroatoms. The first-order chi connectivity index (χ1) is 42.2. The fourth-order valence-electron chi connectivity index (χ4n) is 8.78. The number of carbonyl (C=O) groups is 5. The molecule has 5 aromatic carbocycles. The number of sulfone groups is 1. The lowest BCUT2D eigenvalue weighted by atomic mass is 10.0. The molecule has 0 N–H and O–H groups in total. The summed E-state index contributed by atoms with van der Waals surface area (Å²) in [5.74, 6) is -2.42. The Bertz CT molecular complexity index is 3680. The maximum absolute atomic E-state index is 12.8. The summed E-state index contributed by atoms with van der Waals surface area (Å²) in [6.07, 6.45) is -6.21. The second-order valence-electron chi connectivity index (χ2n) is 19.9. The number of para-hydroxylation sites is 3. The number of hydrogen-bond donors (Lipinski definition) is 0. The van der Waals surface area contributed by atoms with E-state index in [-0.39, 0.29) is 70.0 Å². The first-order valence-corrected chi connectivity index (χ1v) is 30.8. The normalized spacial score (nSPS) is 14.3. The highest BCUT2D eigenvalue weighted by atomic mass is 35.5. The van der Waals surface area contributed by atoms with Crippen molar-refractivity contribution in [2.24, 2.45) is 0 Å². The molecule has 1 aromatic heterocycles. The molecule has 0 radical (unpaired) electrons. The third kappa shape index (κ3) is 19.3. The Labute approximate surface area is 533 Å². The van der Waals surface area contributed by atoms with Crippen LogP contribution in [-0.2, 0) is 57.2 Å². The van der Waals surface area contributed by atoms with E-state index >= 15 is 0 Å². The smallest absolute Gasteiger partial charge is 0.416 e. The molecule has 1 aliphatic heterocycles. The summed E-state index contributed by atoms with van der Waals surface area (Å²) in [6, 6.07) is 20.7. The predicted octanol–water partition coefficient (Wildman–Crippen LogP) is 14.1. The monoisotopic (exact) mass is 1360 g/mol. The van der Waals surface area contributed by atoms with Gasteiger partial charge in [-0.3, -0.25) is 24.5 Å². The summed E-state index contributed by atoms with van der Waals surface area (Å²) < 4.78 is 131. The first-order valence-electron chi connectivity index (χ1n) is 27.1. The zero-order valence-electron chi connectivity index (χ0n) is 49.3. The number of nitro benzene ring substituents is 1. The molecule has 1 fully saturated rings. The Morgan fingerprint density at radius 2 is 1.52 bits per heavy atom. The second kappa shape index (κ2) is 32.0. The van der Waals surface area contributed by atoms with Crippen molar-refractivity contribution in [3.63, 3.8) is 0 Å². The third-order valence-electron chi connectivity index (χ3n) is 13.2. The molecular formula is C60H60Cl4F6N4O15S. The van der Waals surface area contributed by atoms with E-state index in [1.54, 1.807) is 23.8 Å². The number of anilines is 2. The first kappa shape index (κ1) is 73.2. The Morgan fingerprint density at radius 3 is 2.09 bits per heavy atom. The van der Waals surface area contributed by atoms with Crippen molar-refractivity contribution in [2.45, 2.75) is 107 Å². The van der Waals surface area contributed by atoms with Crippen LogP contribution in [0, 0.1) is 17.0 Å². The minimum absolute atomic E-state index is 0.0223. The highest BCUT2D eigenvalue weighted by molar-refractivity contribution is 7.90. The van der Waals surface area contributed by atoms with Crippen molar-refractivity contribution < 1.29 is 91.9 Å². The van der Waals surface area contributed by atoms with E-state index in [4.69, 9.17) is 74.6 Å². The molecule has 8 rings (SSSR count). The number of carbonyl (C=O) groups excluding carboxylic acids is 5. The number of aryl methyl sites for hydroxylation is 2. The Hall–Kier alpha value is -7.49. The van der Waals surface area contributed by atoms with E-state index in [1.165, 1.54) is 13.1 Å². The van der Waals surface area contributed by atoms with E-state index < -0.39 is 83.0 Å². The number of ether oxygens (including phenoxy) is 5. The van der Waals surface area contributed by atoms with Crippen LogP contribution in [0.15, 0.2) is 113 Å². The molecule has 3 atom stereocenters. The van der Waals surface area contributed by atoms with Gasteiger partial charge in [-0.15, -0.1) is 11.6 Å². The van der Waals surface area contributed by atoms with Crippen LogP contribution in [0.1, 0.15) is 108 Å². The van der Waals surface area contributed by atoms with Crippen molar-refractivity contribution in [3.05, 3.63) is 163 Å². The maximum Gasteiger partial charge on any atom is 0.416 e. The number of nitro groups is 1. The molecule has 3 unspecified atom stereocenters. The van der Waals surface area contributed by atoms with Gasteiger partial charge >= 0.3 is 24.3 Å². The van der Waals surface area contributed by atoms with Gasteiger partial charge in [0.15, 0.2) is 32.3 Å². The second-order valence-corrected chi connectivity index (χ2v) is 23.7. The summed E-state index contributed by atoms with van der Waals surface area (Å²) in [5, 5.41) is 14.4. The van der Waals surface area contributed by atoms with Crippen LogP contribution in [0.4, 0.5) is 43.4 Å². The van der Waals surface area contributed by atoms with E-state index in [1.807, 2.05) is 57.2 Å². The van der Waals surface area contributed by atoms with Gasteiger partial charge in [-0.2, -0.15) is 26.3 Å². The molecule has 486 valence electrons. The number of rotatable bonds is 18. The zero-order chi connectivity index (χ0) is 67.2. The lowest BCUT2D eigenvalue weighted by Crippen LogP contribution is -2.47. The number of halogens is 10. The fourth-order valence-corrected chi connectivity index (χ4v) is 10.2. The van der Waals surface area contributed by atoms with Gasteiger partial charge in [0.05, 0.1) is 74.4 Å². The molecule has 6 aromatic rings. The van der Waals surface area contributed by atoms with Crippen LogP contribution in [0.3, 0.4) is 0 Å². The number of nitrogens with zero attached hydrogens (tertiary/aromatic N) is 4. The SMILES string of the molecule is CC1COc2ccccc2N1C(=O)C(Cl)Cl.CCOC(=O)C(C)OC(=O)c1cc(Oc2ccc(C(F)(F)F)cc2Cl)ccc1[N+](=O)[O-].CCc1cccc(C)c1N(C(=O)CCl)C(C)COC.CS(=O)(=O)c1cc(C(F)(F)F)ccc1C(=O)c1cnoc1C1CC1. The standard InChI is InChI=1S/C19H15ClF3NO7.C15H22ClNO2.C15H12F3NO4S.C11H11Cl2NO2/c1-3-29-17(25)10(2)30-18(26)13-9-12(5-6-15(13)24(27)28)31-16-7-4-11(8-14(16)20)19(21,22)23;1-5-13-8-6-7-11(2)15(13)17(14(18)9-16)12(3)10-19-4;1-24(21,22)12-6-9(15(16,17)18)4-5-10(12)13(20)11-7-19-23-14(11)8-2-3-8;1-7-6-16-9-5-3-2-4-8(9)14(7)11(15)10(12)13/h4-10H,3H2,1-2H3;6-8,12H,5,9-10H2,1-4H3;4-8H,2-3H2,1H3;2-5,7,10H,6H2,1H3. The van der Waals surface area contributed by atoms with Crippen LogP contribution in [0.25, 0.3) is 0 Å². The van der Waals surface area contributed by atoms with Crippen molar-refractivity contribution >= 4 is 103 Å². The van der Waals surface area contributed by atoms with Crippen molar-refractivity contribution in [3.8, 4) is 17.2 Å². The average molecular weight is 1370 g/mol. The number of aromatic nitrogens is 1. The van der Waals surface area contributed by atoms with Crippen molar-refractivity contribution in [2.75, 3.05) is 48.9 Å². The number of esters is 2. The van der Waals surface area contributed by atoms with Crippen LogP contribution < -0.4 is 19.3 Å². The number of hydrogen-bond acceptors (Lipinski definition) is 16. The Kier molecular flexibility index (Phi) is 26.0. The topological polar surface area (TPSA) is 241 Å². The summed E-state index contributed by atoms with van der Waals surface area (Å²) in [5.41, 5.74) is 0.393. The molecule has 0 spiro atoms. The van der Waals surface area contributed by atoms with Crippen LogP contribution in [-0.4, -0.2) is 110 Å². The molecule has 1 saturated carbocycles. The number of fused-ring (bicyclic) bond motifs is 1. The fraction of sp³-hybridized carbons (Fsp3) is 0.367. The van der Waals surface area contributed by atoms with E-state index in [2.05, 4.69) is 18.1 Å². The summed E-state index contributed by atoms with van der Waals surface area (Å²) in [4.78, 5) is 72.7. The van der Waals surface area contributed by atoms with Gasteiger partial charge in [0.1, 0.15) is 35.3 Å². The average Bonchev–Trinajstić information content (AvgIpc) is 1.40. The maximum atomic E-state index is 12.8. The van der Waals surface area contributed by atoms with Crippen molar-refractivity contribution in [1.29, 1.82) is 0 Å². The molecule has 90 heavy (non-hydrogen) atoms. The minimum atomic E-state index is -4.71. The quantitative estimate of drug-likeness (QED) is 0.0194. The van der Waals surface area contributed by atoms with Crippen molar-refractivity contribution in [1.82, 2.24) is 5.16 Å². The van der Waals surface area contributed by atoms with Crippen LogP contribution in [0.2, 0.25) is 5.02 Å². The Morgan fingerprint density at radius 1 is 0.878 bits per heavy atom. The molecule has 2 aliphatic rings. The van der Waals surface area contributed by atoms with Gasteiger partial charge in [0.2, 0.25) is 5.91 Å². The van der Waals surface area contributed by atoms with Gasteiger partial charge in [-0.25, -0.2) is 18.0 Å². The molecule has 0 bridgehead atoms. The van der Waals surface area contributed by atoms with Crippen LogP contribution in [0.5, 0.6) is 17.2 Å².